The first-order valence-corrected chi connectivity index (χ1v) is 7.22. The third-order valence-electron chi connectivity index (χ3n) is 3.69. The quantitative estimate of drug-likeness (QED) is 0.775. The zero-order valence-corrected chi connectivity index (χ0v) is 12.8. The van der Waals surface area contributed by atoms with Crippen LogP contribution in [0.15, 0.2) is 60.9 Å². The van der Waals surface area contributed by atoms with Gasteiger partial charge in [0, 0.05) is 24.2 Å². The number of aromatic nitrogens is 2. The van der Waals surface area contributed by atoms with Gasteiger partial charge in [-0.05, 0) is 29.8 Å². The van der Waals surface area contributed by atoms with Gasteiger partial charge in [-0.25, -0.2) is 18.3 Å². The standard InChI is InChI=1S/C18H14F2N2O2/c1-18(19,20)15-6-8-16(9-7-15)22-11-14(10-21-22)12-2-4-13(5-3-12)17(23)24/h2-11H,1H3,(H,23,24). The first-order valence-electron chi connectivity index (χ1n) is 7.22. The summed E-state index contributed by atoms with van der Waals surface area (Å²) in [6.45, 7) is 0.856. The lowest BCUT2D eigenvalue weighted by atomic mass is 10.1. The van der Waals surface area contributed by atoms with Gasteiger partial charge in [0.15, 0.2) is 0 Å². The number of carbonyl (C=O) groups is 1. The second-order valence-corrected chi connectivity index (χ2v) is 5.49. The van der Waals surface area contributed by atoms with Gasteiger partial charge in [-0.15, -0.1) is 0 Å². The maximum absolute atomic E-state index is 13.2. The Balaban J connectivity index is 1.86. The lowest BCUT2D eigenvalue weighted by Crippen LogP contribution is -2.06. The summed E-state index contributed by atoms with van der Waals surface area (Å²) in [4.78, 5) is 10.9. The topological polar surface area (TPSA) is 55.1 Å². The van der Waals surface area contributed by atoms with Crippen molar-refractivity contribution in [2.24, 2.45) is 0 Å². The Hall–Kier alpha value is -3.02. The summed E-state index contributed by atoms with van der Waals surface area (Å²) >= 11 is 0. The van der Waals surface area contributed by atoms with Gasteiger partial charge < -0.3 is 5.11 Å². The van der Waals surface area contributed by atoms with Gasteiger partial charge >= 0.3 is 5.97 Å². The zero-order chi connectivity index (χ0) is 17.3. The van der Waals surface area contributed by atoms with Crippen molar-refractivity contribution in [3.05, 3.63) is 72.1 Å². The van der Waals surface area contributed by atoms with Crippen molar-refractivity contribution in [2.75, 3.05) is 0 Å². The van der Waals surface area contributed by atoms with Crippen LogP contribution in [-0.2, 0) is 5.92 Å². The van der Waals surface area contributed by atoms with Crippen LogP contribution in [0.4, 0.5) is 8.78 Å². The Morgan fingerprint density at radius 3 is 2.21 bits per heavy atom. The molecule has 0 atom stereocenters. The van der Waals surface area contributed by atoms with E-state index in [1.165, 1.54) is 24.3 Å². The summed E-state index contributed by atoms with van der Waals surface area (Å²) in [7, 11) is 0. The number of carboxylic acid groups (broad SMARTS) is 1. The molecule has 0 spiro atoms. The number of aromatic carboxylic acids is 1. The minimum absolute atomic E-state index is 0.0529. The van der Waals surface area contributed by atoms with Crippen LogP contribution in [-0.4, -0.2) is 20.9 Å². The molecule has 0 aliphatic carbocycles. The molecule has 4 nitrogen and oxygen atoms in total. The lowest BCUT2D eigenvalue weighted by Gasteiger charge is -2.10. The van der Waals surface area contributed by atoms with E-state index in [4.69, 9.17) is 5.11 Å². The third-order valence-corrected chi connectivity index (χ3v) is 3.69. The van der Waals surface area contributed by atoms with E-state index in [9.17, 15) is 13.6 Å². The fourth-order valence-electron chi connectivity index (χ4n) is 2.33. The Morgan fingerprint density at radius 1 is 1.04 bits per heavy atom. The van der Waals surface area contributed by atoms with Crippen molar-refractivity contribution in [1.29, 1.82) is 0 Å². The molecule has 2 aromatic carbocycles. The molecule has 0 saturated carbocycles. The van der Waals surface area contributed by atoms with Crippen molar-refractivity contribution < 1.29 is 18.7 Å². The number of rotatable bonds is 4. The number of benzene rings is 2. The first-order chi connectivity index (χ1) is 11.3. The molecule has 0 bridgehead atoms. The Morgan fingerprint density at radius 2 is 1.67 bits per heavy atom. The van der Waals surface area contributed by atoms with E-state index in [1.54, 1.807) is 41.3 Å². The van der Waals surface area contributed by atoms with Gasteiger partial charge in [0.1, 0.15) is 0 Å². The predicted octanol–water partition coefficient (Wildman–Crippen LogP) is 4.35. The zero-order valence-electron chi connectivity index (χ0n) is 12.8. The van der Waals surface area contributed by atoms with Crippen molar-refractivity contribution in [3.63, 3.8) is 0 Å². The molecule has 1 N–H and O–H groups in total. The average Bonchev–Trinajstić information content (AvgIpc) is 3.04. The molecular weight excluding hydrogens is 314 g/mol. The molecule has 1 aromatic heterocycles. The van der Waals surface area contributed by atoms with E-state index >= 15 is 0 Å². The predicted molar refractivity (Wildman–Crippen MR) is 85.5 cm³/mol. The van der Waals surface area contributed by atoms with Crippen LogP contribution in [0.5, 0.6) is 0 Å². The second kappa shape index (κ2) is 5.88. The number of carboxylic acids is 1. The molecule has 122 valence electrons. The van der Waals surface area contributed by atoms with Crippen LogP contribution >= 0.6 is 0 Å². The van der Waals surface area contributed by atoms with Crippen LogP contribution in [0.3, 0.4) is 0 Å². The fraction of sp³-hybridized carbons (Fsp3) is 0.111. The molecule has 0 radical (unpaired) electrons. The molecular formula is C18H14F2N2O2. The summed E-state index contributed by atoms with van der Waals surface area (Å²) < 4.78 is 28.1. The van der Waals surface area contributed by atoms with Gasteiger partial charge in [0.25, 0.3) is 5.92 Å². The van der Waals surface area contributed by atoms with Crippen molar-refractivity contribution in [1.82, 2.24) is 9.78 Å². The van der Waals surface area contributed by atoms with E-state index < -0.39 is 11.9 Å². The molecule has 24 heavy (non-hydrogen) atoms. The van der Waals surface area contributed by atoms with Gasteiger partial charge in [-0.3, -0.25) is 0 Å². The molecule has 0 aliphatic heterocycles. The number of hydrogen-bond donors (Lipinski definition) is 1. The van der Waals surface area contributed by atoms with Crippen LogP contribution in [0, 0.1) is 0 Å². The largest absolute Gasteiger partial charge is 0.478 e. The van der Waals surface area contributed by atoms with Crippen LogP contribution < -0.4 is 0 Å². The first kappa shape index (κ1) is 15.9. The Kier molecular flexibility index (Phi) is 3.89. The van der Waals surface area contributed by atoms with Crippen LogP contribution in [0.1, 0.15) is 22.8 Å². The second-order valence-electron chi connectivity index (χ2n) is 5.49. The van der Waals surface area contributed by atoms with E-state index in [1.807, 2.05) is 0 Å². The van der Waals surface area contributed by atoms with Crippen molar-refractivity contribution in [2.45, 2.75) is 12.8 Å². The monoisotopic (exact) mass is 328 g/mol. The van der Waals surface area contributed by atoms with Crippen molar-refractivity contribution in [3.8, 4) is 16.8 Å². The smallest absolute Gasteiger partial charge is 0.335 e. The molecule has 0 amide bonds. The van der Waals surface area contributed by atoms with E-state index in [-0.39, 0.29) is 11.1 Å². The summed E-state index contributed by atoms with van der Waals surface area (Å²) in [6, 6.07) is 12.3. The summed E-state index contributed by atoms with van der Waals surface area (Å²) in [5.41, 5.74) is 2.45. The van der Waals surface area contributed by atoms with E-state index in [2.05, 4.69) is 5.10 Å². The van der Waals surface area contributed by atoms with Gasteiger partial charge in [-0.1, -0.05) is 24.3 Å². The van der Waals surface area contributed by atoms with Crippen LogP contribution in [0.25, 0.3) is 16.8 Å². The molecule has 3 aromatic rings. The van der Waals surface area contributed by atoms with Gasteiger partial charge in [0.05, 0.1) is 17.4 Å². The SMILES string of the molecule is CC(F)(F)c1ccc(-n2cc(-c3ccc(C(=O)O)cc3)cn2)cc1. The fourth-order valence-corrected chi connectivity index (χ4v) is 2.33. The summed E-state index contributed by atoms with van der Waals surface area (Å²) in [5, 5.41) is 13.1. The number of hydrogen-bond acceptors (Lipinski definition) is 2. The Bertz CT molecular complexity index is 863. The van der Waals surface area contributed by atoms with E-state index in [0.29, 0.717) is 5.69 Å². The van der Waals surface area contributed by atoms with Gasteiger partial charge in [0.2, 0.25) is 0 Å². The number of alkyl halides is 2. The highest BCUT2D eigenvalue weighted by atomic mass is 19.3. The molecule has 1 heterocycles. The lowest BCUT2D eigenvalue weighted by molar-refractivity contribution is 0.0174. The maximum Gasteiger partial charge on any atom is 0.335 e. The average molecular weight is 328 g/mol. The summed E-state index contributed by atoms with van der Waals surface area (Å²) in [5.74, 6) is -3.86. The Labute approximate surface area is 137 Å². The van der Waals surface area contributed by atoms with E-state index in [0.717, 1.165) is 18.1 Å². The van der Waals surface area contributed by atoms with Gasteiger partial charge in [-0.2, -0.15) is 5.10 Å². The molecule has 0 unspecified atom stereocenters. The molecule has 0 saturated heterocycles. The molecule has 0 fully saturated rings. The highest BCUT2D eigenvalue weighted by Gasteiger charge is 2.23. The molecule has 3 rings (SSSR count). The highest BCUT2D eigenvalue weighted by Crippen LogP contribution is 2.27. The summed E-state index contributed by atoms with van der Waals surface area (Å²) in [6.07, 6.45) is 3.40. The minimum atomic E-state index is -2.88. The van der Waals surface area contributed by atoms with Crippen LogP contribution in [0.2, 0.25) is 0 Å². The maximum atomic E-state index is 13.2. The third kappa shape index (κ3) is 3.17. The normalized spacial score (nSPS) is 11.5. The minimum Gasteiger partial charge on any atom is -0.478 e. The molecule has 6 heteroatoms. The molecule has 0 aliphatic rings. The van der Waals surface area contributed by atoms with Crippen molar-refractivity contribution >= 4 is 5.97 Å². The number of nitrogens with zero attached hydrogens (tertiary/aromatic N) is 2. The number of halogens is 2. The highest BCUT2D eigenvalue weighted by molar-refractivity contribution is 5.88.